The van der Waals surface area contributed by atoms with Gasteiger partial charge in [0.25, 0.3) is 5.91 Å². The minimum Gasteiger partial charge on any atom is -0.471 e. The summed E-state index contributed by atoms with van der Waals surface area (Å²) in [7, 11) is 0. The van der Waals surface area contributed by atoms with Gasteiger partial charge >= 0.3 is 0 Å². The minimum atomic E-state index is -0.0583. The molecule has 1 aromatic carbocycles. The zero-order chi connectivity index (χ0) is 16.2. The van der Waals surface area contributed by atoms with Crippen LogP contribution in [-0.4, -0.2) is 40.2 Å². The maximum absolute atomic E-state index is 12.6. The van der Waals surface area contributed by atoms with Crippen molar-refractivity contribution < 1.29 is 9.53 Å². The Labute approximate surface area is 140 Å². The van der Waals surface area contributed by atoms with E-state index in [1.54, 1.807) is 24.3 Å². The molecule has 1 amide bonds. The topological polar surface area (TPSA) is 55.3 Å². The van der Waals surface area contributed by atoms with E-state index in [4.69, 9.17) is 16.3 Å². The van der Waals surface area contributed by atoms with Gasteiger partial charge in [-0.05, 0) is 50.1 Å². The van der Waals surface area contributed by atoms with Gasteiger partial charge in [0, 0.05) is 23.2 Å². The lowest BCUT2D eigenvalue weighted by atomic mass is 10.1. The van der Waals surface area contributed by atoms with Crippen LogP contribution in [0, 0.1) is 6.92 Å². The number of carbonyl (C=O) groups is 1. The molecule has 1 aromatic heterocycles. The molecule has 3 rings (SSSR count). The van der Waals surface area contributed by atoms with E-state index in [0.717, 1.165) is 25.1 Å². The van der Waals surface area contributed by atoms with Gasteiger partial charge in [0.1, 0.15) is 6.10 Å². The number of amides is 1. The van der Waals surface area contributed by atoms with Gasteiger partial charge in [0.05, 0.1) is 12.2 Å². The van der Waals surface area contributed by atoms with E-state index < -0.39 is 0 Å². The third-order valence-electron chi connectivity index (χ3n) is 3.82. The number of halogens is 1. The van der Waals surface area contributed by atoms with Crippen LogP contribution in [0.3, 0.4) is 0 Å². The molecule has 1 saturated heterocycles. The molecule has 1 atom stereocenters. The number of hydrogen-bond acceptors (Lipinski definition) is 4. The molecule has 0 N–H and O–H groups in total. The highest BCUT2D eigenvalue weighted by Gasteiger charge is 2.26. The summed E-state index contributed by atoms with van der Waals surface area (Å²) in [5.74, 6) is 0.506. The number of hydrogen-bond donors (Lipinski definition) is 0. The van der Waals surface area contributed by atoms with E-state index in [0.29, 0.717) is 23.0 Å². The maximum atomic E-state index is 12.6. The summed E-state index contributed by atoms with van der Waals surface area (Å²) in [5.41, 5.74) is 1.49. The molecule has 1 unspecified atom stereocenters. The van der Waals surface area contributed by atoms with Crippen molar-refractivity contribution in [1.82, 2.24) is 15.1 Å². The Morgan fingerprint density at radius 3 is 2.70 bits per heavy atom. The molecule has 0 saturated carbocycles. The Kier molecular flexibility index (Phi) is 4.76. The highest BCUT2D eigenvalue weighted by molar-refractivity contribution is 6.30. The van der Waals surface area contributed by atoms with Crippen molar-refractivity contribution in [3.63, 3.8) is 0 Å². The first-order valence-electron chi connectivity index (χ1n) is 7.63. The van der Waals surface area contributed by atoms with Crippen molar-refractivity contribution in [2.75, 3.05) is 13.1 Å². The van der Waals surface area contributed by atoms with Crippen molar-refractivity contribution in [3.05, 3.63) is 52.7 Å². The van der Waals surface area contributed by atoms with Crippen LogP contribution in [0.4, 0.5) is 0 Å². The average molecular weight is 332 g/mol. The maximum Gasteiger partial charge on any atom is 0.253 e. The molecular formula is C17H18ClN3O2. The SMILES string of the molecule is Cc1ccc(OC2CCCN(C(=O)c3ccc(Cl)cc3)C2)nn1. The third-order valence-corrected chi connectivity index (χ3v) is 4.07. The molecule has 23 heavy (non-hydrogen) atoms. The summed E-state index contributed by atoms with van der Waals surface area (Å²) in [6.45, 7) is 3.17. The molecule has 0 radical (unpaired) electrons. The molecule has 2 heterocycles. The number of aromatic nitrogens is 2. The van der Waals surface area contributed by atoms with Crippen LogP contribution >= 0.6 is 11.6 Å². The molecule has 1 aliphatic heterocycles. The number of aryl methyl sites for hydroxylation is 1. The van der Waals surface area contributed by atoms with Gasteiger partial charge in [-0.3, -0.25) is 4.79 Å². The molecule has 5 nitrogen and oxygen atoms in total. The lowest BCUT2D eigenvalue weighted by Crippen LogP contribution is -2.44. The van der Waals surface area contributed by atoms with E-state index in [2.05, 4.69) is 10.2 Å². The van der Waals surface area contributed by atoms with Gasteiger partial charge in [-0.25, -0.2) is 0 Å². The smallest absolute Gasteiger partial charge is 0.253 e. The van der Waals surface area contributed by atoms with Gasteiger partial charge in [-0.1, -0.05) is 11.6 Å². The van der Waals surface area contributed by atoms with Crippen LogP contribution in [0.15, 0.2) is 36.4 Å². The summed E-state index contributed by atoms with van der Waals surface area (Å²) in [6, 6.07) is 10.6. The first-order valence-corrected chi connectivity index (χ1v) is 8.01. The van der Waals surface area contributed by atoms with Crippen LogP contribution in [0.25, 0.3) is 0 Å². The average Bonchev–Trinajstić information content (AvgIpc) is 2.57. The monoisotopic (exact) mass is 331 g/mol. The number of likely N-dealkylation sites (tertiary alicyclic amines) is 1. The zero-order valence-corrected chi connectivity index (χ0v) is 13.7. The Bertz CT molecular complexity index is 673. The Morgan fingerprint density at radius 2 is 2.00 bits per heavy atom. The summed E-state index contributed by atoms with van der Waals surface area (Å²) < 4.78 is 5.86. The Morgan fingerprint density at radius 1 is 1.22 bits per heavy atom. The molecular weight excluding hydrogens is 314 g/mol. The second-order valence-electron chi connectivity index (χ2n) is 5.65. The first-order chi connectivity index (χ1) is 11.1. The van der Waals surface area contributed by atoms with Crippen LogP contribution < -0.4 is 4.74 Å². The number of nitrogens with zero attached hydrogens (tertiary/aromatic N) is 3. The molecule has 1 fully saturated rings. The molecule has 1 aliphatic rings. The van der Waals surface area contributed by atoms with E-state index in [9.17, 15) is 4.79 Å². The highest BCUT2D eigenvalue weighted by atomic mass is 35.5. The quantitative estimate of drug-likeness (QED) is 0.867. The minimum absolute atomic E-state index is 0.00459. The number of piperidine rings is 1. The van der Waals surface area contributed by atoms with Gasteiger partial charge < -0.3 is 9.64 Å². The van der Waals surface area contributed by atoms with Gasteiger partial charge in [-0.15, -0.1) is 5.10 Å². The van der Waals surface area contributed by atoms with E-state index >= 15 is 0 Å². The van der Waals surface area contributed by atoms with Crippen molar-refractivity contribution >= 4 is 17.5 Å². The molecule has 120 valence electrons. The van der Waals surface area contributed by atoms with E-state index in [1.165, 1.54) is 0 Å². The normalized spacial score (nSPS) is 17.8. The van der Waals surface area contributed by atoms with Crippen LogP contribution in [-0.2, 0) is 0 Å². The third kappa shape index (κ3) is 3.99. The largest absolute Gasteiger partial charge is 0.471 e. The molecule has 0 aliphatic carbocycles. The molecule has 2 aromatic rings. The van der Waals surface area contributed by atoms with Crippen molar-refractivity contribution in [2.24, 2.45) is 0 Å². The lowest BCUT2D eigenvalue weighted by molar-refractivity contribution is 0.0525. The molecule has 0 spiro atoms. The van der Waals surface area contributed by atoms with E-state index in [-0.39, 0.29) is 12.0 Å². The second-order valence-corrected chi connectivity index (χ2v) is 6.09. The predicted molar refractivity (Wildman–Crippen MR) is 87.8 cm³/mol. The van der Waals surface area contributed by atoms with Gasteiger partial charge in [0.2, 0.25) is 5.88 Å². The Balaban J connectivity index is 1.64. The van der Waals surface area contributed by atoms with Crippen molar-refractivity contribution in [3.8, 4) is 5.88 Å². The fourth-order valence-corrected chi connectivity index (χ4v) is 2.74. The van der Waals surface area contributed by atoms with E-state index in [1.807, 2.05) is 24.0 Å². The molecule has 0 bridgehead atoms. The second kappa shape index (κ2) is 6.96. The van der Waals surface area contributed by atoms with Gasteiger partial charge in [-0.2, -0.15) is 5.10 Å². The number of benzene rings is 1. The van der Waals surface area contributed by atoms with Crippen molar-refractivity contribution in [1.29, 1.82) is 0 Å². The predicted octanol–water partition coefficient (Wildman–Crippen LogP) is 3.12. The number of ether oxygens (including phenoxy) is 1. The summed E-state index contributed by atoms with van der Waals surface area (Å²) in [6.07, 6.45) is 1.75. The Hall–Kier alpha value is -2.14. The fraction of sp³-hybridized carbons (Fsp3) is 0.353. The standard InChI is InChI=1S/C17H18ClN3O2/c1-12-4-9-16(20-19-12)23-15-3-2-10-21(11-15)17(22)13-5-7-14(18)8-6-13/h4-9,15H,2-3,10-11H2,1H3. The molecule has 6 heteroatoms. The summed E-state index contributed by atoms with van der Waals surface area (Å²) in [4.78, 5) is 14.4. The van der Waals surface area contributed by atoms with Crippen LogP contribution in [0.1, 0.15) is 28.9 Å². The first kappa shape index (κ1) is 15.7. The van der Waals surface area contributed by atoms with Crippen molar-refractivity contribution in [2.45, 2.75) is 25.9 Å². The highest BCUT2D eigenvalue weighted by Crippen LogP contribution is 2.19. The fourth-order valence-electron chi connectivity index (χ4n) is 2.61. The van der Waals surface area contributed by atoms with Crippen LogP contribution in [0.2, 0.25) is 5.02 Å². The van der Waals surface area contributed by atoms with Gasteiger partial charge in [0.15, 0.2) is 0 Å². The number of rotatable bonds is 3. The lowest BCUT2D eigenvalue weighted by Gasteiger charge is -2.32. The summed E-state index contributed by atoms with van der Waals surface area (Å²) >= 11 is 5.87. The summed E-state index contributed by atoms with van der Waals surface area (Å²) in [5, 5.41) is 8.63. The zero-order valence-electron chi connectivity index (χ0n) is 12.9. The number of carbonyl (C=O) groups excluding carboxylic acids is 1. The van der Waals surface area contributed by atoms with Crippen LogP contribution in [0.5, 0.6) is 5.88 Å².